The number of benzene rings is 2. The monoisotopic (exact) mass is 346 g/mol. The zero-order valence-electron chi connectivity index (χ0n) is 14.3. The van der Waals surface area contributed by atoms with Gasteiger partial charge in [-0.25, -0.2) is 0 Å². The Morgan fingerprint density at radius 3 is 1.52 bits per heavy atom. The van der Waals surface area contributed by atoms with Crippen molar-refractivity contribution in [3.63, 3.8) is 0 Å². The molecule has 1 aliphatic heterocycles. The third kappa shape index (κ3) is 3.39. The van der Waals surface area contributed by atoms with Gasteiger partial charge in [0.05, 0.1) is 13.2 Å². The number of ether oxygens (including phenoxy) is 2. The summed E-state index contributed by atoms with van der Waals surface area (Å²) in [4.78, 5) is 0. The van der Waals surface area contributed by atoms with Gasteiger partial charge in [0.1, 0.15) is 11.5 Å². The van der Waals surface area contributed by atoms with E-state index in [1.54, 1.807) is 0 Å². The molecule has 0 fully saturated rings. The van der Waals surface area contributed by atoms with Gasteiger partial charge >= 0.3 is 0 Å². The quantitative estimate of drug-likeness (QED) is 0.757. The molecule has 0 aromatic heterocycles. The molecule has 2 aromatic carbocycles. The van der Waals surface area contributed by atoms with Gasteiger partial charge in [0.2, 0.25) is 0 Å². The van der Waals surface area contributed by atoms with E-state index < -0.39 is 0 Å². The minimum absolute atomic E-state index is 0.224. The molecule has 1 aliphatic rings. The van der Waals surface area contributed by atoms with E-state index in [1.165, 1.54) is 21.7 Å². The predicted molar refractivity (Wildman–Crippen MR) is 104 cm³/mol. The zero-order chi connectivity index (χ0) is 16.4. The summed E-state index contributed by atoms with van der Waals surface area (Å²) < 4.78 is 12.3. The van der Waals surface area contributed by atoms with Crippen LogP contribution >= 0.6 is 15.8 Å². The Kier molecular flexibility index (Phi) is 5.24. The molecule has 4 heteroatoms. The first kappa shape index (κ1) is 16.7. The molecule has 0 atom stereocenters. The fourth-order valence-corrected chi connectivity index (χ4v) is 5.06. The van der Waals surface area contributed by atoms with E-state index in [4.69, 9.17) is 9.47 Å². The molecule has 2 aromatic rings. The fraction of sp³-hybridized carbons (Fsp3) is 0.368. The van der Waals surface area contributed by atoms with Crippen molar-refractivity contribution >= 4 is 26.5 Å². The third-order valence-corrected chi connectivity index (χ3v) is 6.70. The smallest absolute Gasteiger partial charge is 0.127 e. The van der Waals surface area contributed by atoms with E-state index in [2.05, 4.69) is 63.1 Å². The van der Waals surface area contributed by atoms with Crippen molar-refractivity contribution in [2.75, 3.05) is 39.9 Å². The molecule has 0 aliphatic carbocycles. The molecule has 0 amide bonds. The van der Waals surface area contributed by atoms with Gasteiger partial charge in [0, 0.05) is 17.5 Å². The van der Waals surface area contributed by atoms with Gasteiger partial charge in [-0.3, -0.25) is 0 Å². The molecule has 0 saturated heterocycles. The summed E-state index contributed by atoms with van der Waals surface area (Å²) in [7, 11) is -0.448. The number of rotatable bonds is 2. The number of hydrogen-bond donors (Lipinski definition) is 0. The molecule has 3 rings (SSSR count). The van der Waals surface area contributed by atoms with Gasteiger partial charge in [-0.2, -0.15) is 0 Å². The summed E-state index contributed by atoms with van der Waals surface area (Å²) in [5, 5.41) is 2.79. The van der Waals surface area contributed by atoms with Crippen LogP contribution in [-0.4, -0.2) is 39.9 Å². The molecular formula is C19H24O2P2. The van der Waals surface area contributed by atoms with Crippen LogP contribution in [0.3, 0.4) is 0 Å². The van der Waals surface area contributed by atoms with Crippen LogP contribution < -0.4 is 20.1 Å². The highest BCUT2D eigenvalue weighted by molar-refractivity contribution is 7.65. The Morgan fingerprint density at radius 1 is 0.696 bits per heavy atom. The second-order valence-corrected chi connectivity index (χ2v) is 10.7. The molecular weight excluding hydrogens is 322 g/mol. The summed E-state index contributed by atoms with van der Waals surface area (Å²) in [6, 6.07) is 13.0. The van der Waals surface area contributed by atoms with Crippen LogP contribution in [0.1, 0.15) is 6.42 Å². The van der Waals surface area contributed by atoms with Gasteiger partial charge in [0.25, 0.3) is 0 Å². The number of hydrogen-bond acceptors (Lipinski definition) is 2. The molecule has 0 unspecified atom stereocenters. The van der Waals surface area contributed by atoms with E-state index in [-0.39, 0.29) is 15.8 Å². The lowest BCUT2D eigenvalue weighted by Crippen LogP contribution is -2.13. The largest absolute Gasteiger partial charge is 0.493 e. The van der Waals surface area contributed by atoms with Gasteiger partial charge in [-0.15, -0.1) is 0 Å². The number of fused-ring (bicyclic) bond motifs is 3. The van der Waals surface area contributed by atoms with Crippen LogP contribution in [0.15, 0.2) is 36.4 Å². The van der Waals surface area contributed by atoms with Crippen molar-refractivity contribution < 1.29 is 9.47 Å². The zero-order valence-corrected chi connectivity index (χ0v) is 16.1. The van der Waals surface area contributed by atoms with Crippen molar-refractivity contribution in [2.45, 2.75) is 6.42 Å². The molecule has 0 N–H and O–H groups in total. The Hall–Kier alpha value is -1.10. The first-order valence-corrected chi connectivity index (χ1v) is 12.4. The molecule has 0 radical (unpaired) electrons. The molecule has 0 saturated carbocycles. The predicted octanol–water partition coefficient (Wildman–Crippen LogP) is 4.25. The lowest BCUT2D eigenvalue weighted by atomic mass is 10.0. The highest BCUT2D eigenvalue weighted by atomic mass is 31.1. The summed E-state index contributed by atoms with van der Waals surface area (Å²) in [6.45, 7) is 10.6. The Labute approximate surface area is 141 Å². The van der Waals surface area contributed by atoms with Crippen LogP contribution in [0.5, 0.6) is 11.5 Å². The average molecular weight is 346 g/mol. The third-order valence-electron chi connectivity index (χ3n) is 4.03. The van der Waals surface area contributed by atoms with E-state index in [9.17, 15) is 0 Å². The highest BCUT2D eigenvalue weighted by Gasteiger charge is 2.23. The SMILES string of the molecule is CP(C)c1cccc2c1-c1c(cccc1P(C)C)OCCCO2. The molecule has 0 spiro atoms. The van der Waals surface area contributed by atoms with E-state index in [1.807, 2.05) is 0 Å². The van der Waals surface area contributed by atoms with Crippen LogP contribution in [0.4, 0.5) is 0 Å². The van der Waals surface area contributed by atoms with Crippen molar-refractivity contribution in [2.24, 2.45) is 0 Å². The molecule has 1 heterocycles. The lowest BCUT2D eigenvalue weighted by Gasteiger charge is -2.22. The topological polar surface area (TPSA) is 18.5 Å². The van der Waals surface area contributed by atoms with Gasteiger partial charge in [-0.05, 0) is 49.4 Å². The first-order valence-electron chi connectivity index (χ1n) is 7.96. The van der Waals surface area contributed by atoms with Crippen molar-refractivity contribution in [3.05, 3.63) is 36.4 Å². The normalized spacial score (nSPS) is 14.2. The van der Waals surface area contributed by atoms with E-state index in [0.717, 1.165) is 17.9 Å². The fourth-order valence-electron chi connectivity index (χ4n) is 2.95. The molecule has 0 bridgehead atoms. The second-order valence-electron chi connectivity index (χ2n) is 6.14. The Morgan fingerprint density at radius 2 is 1.13 bits per heavy atom. The van der Waals surface area contributed by atoms with E-state index >= 15 is 0 Å². The maximum Gasteiger partial charge on any atom is 0.127 e. The van der Waals surface area contributed by atoms with Crippen LogP contribution in [-0.2, 0) is 0 Å². The summed E-state index contributed by atoms with van der Waals surface area (Å²) in [5.74, 6) is 2.02. The first-order chi connectivity index (χ1) is 11.1. The average Bonchev–Trinajstić information content (AvgIpc) is 2.62. The van der Waals surface area contributed by atoms with Crippen molar-refractivity contribution in [1.82, 2.24) is 0 Å². The minimum atomic E-state index is -0.224. The summed E-state index contributed by atoms with van der Waals surface area (Å²) in [5.41, 5.74) is 2.51. The summed E-state index contributed by atoms with van der Waals surface area (Å²) in [6.07, 6.45) is 0.910. The highest BCUT2D eigenvalue weighted by Crippen LogP contribution is 2.43. The molecule has 122 valence electrons. The maximum atomic E-state index is 6.13. The van der Waals surface area contributed by atoms with Gasteiger partial charge < -0.3 is 9.47 Å². The Balaban J connectivity index is 2.35. The van der Waals surface area contributed by atoms with Gasteiger partial charge in [-0.1, -0.05) is 40.1 Å². The minimum Gasteiger partial charge on any atom is -0.493 e. The summed E-state index contributed by atoms with van der Waals surface area (Å²) >= 11 is 0. The van der Waals surface area contributed by atoms with Gasteiger partial charge in [0.15, 0.2) is 0 Å². The van der Waals surface area contributed by atoms with E-state index in [0.29, 0.717) is 13.2 Å². The standard InChI is InChI=1S/C19H24O2P2/c1-22(2)16-10-5-8-14-18(16)19-15(21-13-7-12-20-14)9-6-11-17(19)23(3)4/h5-6,8-11H,7,12-13H2,1-4H3. The van der Waals surface area contributed by atoms with Crippen molar-refractivity contribution in [3.8, 4) is 22.6 Å². The van der Waals surface area contributed by atoms with Crippen LogP contribution in [0.2, 0.25) is 0 Å². The maximum absolute atomic E-state index is 6.13. The van der Waals surface area contributed by atoms with Crippen molar-refractivity contribution in [1.29, 1.82) is 0 Å². The van der Waals surface area contributed by atoms with Crippen LogP contribution in [0, 0.1) is 0 Å². The lowest BCUT2D eigenvalue weighted by molar-refractivity contribution is 0.252. The second kappa shape index (κ2) is 7.20. The Bertz CT molecular complexity index is 636. The molecule has 2 nitrogen and oxygen atoms in total. The molecule has 23 heavy (non-hydrogen) atoms. The van der Waals surface area contributed by atoms with Crippen LogP contribution in [0.25, 0.3) is 11.1 Å².